The first-order valence-electron chi connectivity index (χ1n) is 7.15. The van der Waals surface area contributed by atoms with Crippen molar-refractivity contribution in [1.82, 2.24) is 5.32 Å². The summed E-state index contributed by atoms with van der Waals surface area (Å²) in [6.45, 7) is 12.0. The molecule has 0 spiro atoms. The summed E-state index contributed by atoms with van der Waals surface area (Å²) in [4.78, 5) is 12.2. The van der Waals surface area contributed by atoms with Crippen molar-refractivity contribution in [3.63, 3.8) is 0 Å². The van der Waals surface area contributed by atoms with Gasteiger partial charge in [-0.3, -0.25) is 4.79 Å². The average molecular weight is 239 g/mol. The lowest BCUT2D eigenvalue weighted by Gasteiger charge is -2.41. The van der Waals surface area contributed by atoms with Crippen molar-refractivity contribution >= 4 is 5.91 Å². The molecular formula is C15H29NO. The topological polar surface area (TPSA) is 29.1 Å². The Hall–Kier alpha value is -0.530. The van der Waals surface area contributed by atoms with Crippen LogP contribution in [-0.4, -0.2) is 12.5 Å². The van der Waals surface area contributed by atoms with Gasteiger partial charge in [-0.2, -0.15) is 0 Å². The number of carbonyl (C=O) groups is 1. The second kappa shape index (κ2) is 5.88. The molecule has 0 aliphatic heterocycles. The summed E-state index contributed by atoms with van der Waals surface area (Å²) in [5.41, 5.74) is 0.333. The fourth-order valence-corrected chi connectivity index (χ4v) is 3.07. The molecule has 0 bridgehead atoms. The van der Waals surface area contributed by atoms with E-state index in [4.69, 9.17) is 0 Å². The molecule has 17 heavy (non-hydrogen) atoms. The molecule has 2 unspecified atom stereocenters. The van der Waals surface area contributed by atoms with E-state index in [-0.39, 0.29) is 5.92 Å². The molecule has 1 fully saturated rings. The zero-order chi connectivity index (χ0) is 13.1. The van der Waals surface area contributed by atoms with Crippen LogP contribution >= 0.6 is 0 Å². The van der Waals surface area contributed by atoms with Gasteiger partial charge >= 0.3 is 0 Å². The van der Waals surface area contributed by atoms with Gasteiger partial charge in [-0.15, -0.1) is 0 Å². The number of nitrogens with one attached hydrogen (secondary N) is 1. The van der Waals surface area contributed by atoms with Gasteiger partial charge in [-0.05, 0) is 42.9 Å². The smallest absolute Gasteiger partial charge is 0.223 e. The van der Waals surface area contributed by atoms with E-state index in [1.807, 2.05) is 0 Å². The van der Waals surface area contributed by atoms with Crippen LogP contribution in [0.4, 0.5) is 0 Å². The molecule has 0 aromatic heterocycles. The first kappa shape index (κ1) is 14.5. The van der Waals surface area contributed by atoms with Crippen LogP contribution in [0, 0.1) is 23.2 Å². The maximum Gasteiger partial charge on any atom is 0.223 e. The quantitative estimate of drug-likeness (QED) is 0.797. The zero-order valence-corrected chi connectivity index (χ0v) is 12.2. The summed E-state index contributed by atoms with van der Waals surface area (Å²) < 4.78 is 0. The largest absolute Gasteiger partial charge is 0.356 e. The van der Waals surface area contributed by atoms with Crippen LogP contribution in [0.1, 0.15) is 60.3 Å². The fraction of sp³-hybridized carbons (Fsp3) is 0.933. The van der Waals surface area contributed by atoms with Gasteiger partial charge in [0.05, 0.1) is 0 Å². The maximum absolute atomic E-state index is 12.2. The normalized spacial score (nSPS) is 28.1. The van der Waals surface area contributed by atoms with E-state index in [0.29, 0.717) is 23.2 Å². The second-order valence-electron chi connectivity index (χ2n) is 6.71. The second-order valence-corrected chi connectivity index (χ2v) is 6.71. The van der Waals surface area contributed by atoms with Crippen molar-refractivity contribution in [1.29, 1.82) is 0 Å². The van der Waals surface area contributed by atoms with Gasteiger partial charge in [0, 0.05) is 12.5 Å². The summed E-state index contributed by atoms with van der Waals surface area (Å²) in [5, 5.41) is 3.09. The van der Waals surface area contributed by atoms with E-state index in [9.17, 15) is 4.79 Å². The van der Waals surface area contributed by atoms with Crippen molar-refractivity contribution in [2.24, 2.45) is 23.2 Å². The molecule has 1 saturated carbocycles. The molecule has 0 aromatic carbocycles. The van der Waals surface area contributed by atoms with Crippen molar-refractivity contribution in [2.45, 2.75) is 60.3 Å². The summed E-state index contributed by atoms with van der Waals surface area (Å²) in [6, 6.07) is 0. The molecule has 100 valence electrons. The number of hydrogen-bond acceptors (Lipinski definition) is 1. The predicted octanol–water partition coefficient (Wildman–Crippen LogP) is 3.61. The van der Waals surface area contributed by atoms with E-state index >= 15 is 0 Å². The van der Waals surface area contributed by atoms with Crippen LogP contribution in [-0.2, 0) is 4.79 Å². The lowest BCUT2D eigenvalue weighted by atomic mass is 9.64. The Labute approximate surface area is 107 Å². The van der Waals surface area contributed by atoms with E-state index in [0.717, 1.165) is 19.4 Å². The van der Waals surface area contributed by atoms with Crippen LogP contribution in [0.15, 0.2) is 0 Å². The Balaban J connectivity index is 2.70. The molecule has 2 atom stereocenters. The summed E-state index contributed by atoms with van der Waals surface area (Å²) in [5.74, 6) is 1.70. The molecule has 1 rings (SSSR count). The molecule has 0 heterocycles. The first-order valence-corrected chi connectivity index (χ1v) is 7.15. The van der Waals surface area contributed by atoms with E-state index in [1.165, 1.54) is 12.8 Å². The van der Waals surface area contributed by atoms with E-state index in [1.54, 1.807) is 0 Å². The van der Waals surface area contributed by atoms with Crippen molar-refractivity contribution in [3.8, 4) is 0 Å². The van der Waals surface area contributed by atoms with Crippen LogP contribution in [0.25, 0.3) is 0 Å². The first-order chi connectivity index (χ1) is 7.87. The molecule has 0 aromatic rings. The van der Waals surface area contributed by atoms with Crippen LogP contribution in [0.3, 0.4) is 0 Å². The Bertz CT molecular complexity index is 258. The zero-order valence-electron chi connectivity index (χ0n) is 12.2. The van der Waals surface area contributed by atoms with Gasteiger partial charge in [0.25, 0.3) is 0 Å². The molecule has 1 N–H and O–H groups in total. The van der Waals surface area contributed by atoms with Gasteiger partial charge in [-0.1, -0.05) is 34.6 Å². The van der Waals surface area contributed by atoms with Gasteiger partial charge in [0.2, 0.25) is 5.91 Å². The van der Waals surface area contributed by atoms with Gasteiger partial charge in [-0.25, -0.2) is 0 Å². The summed E-state index contributed by atoms with van der Waals surface area (Å²) in [7, 11) is 0. The Morgan fingerprint density at radius 3 is 2.59 bits per heavy atom. The minimum absolute atomic E-state index is 0.227. The summed E-state index contributed by atoms with van der Waals surface area (Å²) >= 11 is 0. The third-order valence-corrected chi connectivity index (χ3v) is 4.19. The predicted molar refractivity (Wildman–Crippen MR) is 72.8 cm³/mol. The number of amides is 1. The minimum Gasteiger partial charge on any atom is -0.356 e. The number of carbonyl (C=O) groups excluding carboxylic acids is 1. The lowest BCUT2D eigenvalue weighted by Crippen LogP contribution is -2.42. The molecule has 1 amide bonds. The molecular weight excluding hydrogens is 210 g/mol. The van der Waals surface area contributed by atoms with Crippen molar-refractivity contribution < 1.29 is 4.79 Å². The monoisotopic (exact) mass is 239 g/mol. The highest BCUT2D eigenvalue weighted by Crippen LogP contribution is 2.44. The van der Waals surface area contributed by atoms with E-state index < -0.39 is 0 Å². The molecule has 1 aliphatic carbocycles. The maximum atomic E-state index is 12.2. The Morgan fingerprint density at radius 1 is 1.41 bits per heavy atom. The van der Waals surface area contributed by atoms with Gasteiger partial charge in [0.15, 0.2) is 0 Å². The van der Waals surface area contributed by atoms with E-state index in [2.05, 4.69) is 39.9 Å². The fourth-order valence-electron chi connectivity index (χ4n) is 3.07. The highest BCUT2D eigenvalue weighted by Gasteiger charge is 2.39. The molecule has 2 nitrogen and oxygen atoms in total. The molecule has 0 saturated heterocycles. The number of hydrogen-bond donors (Lipinski definition) is 1. The SMILES string of the molecule is CCCNC(=O)C1CC(C)(C)CCC1C(C)C. The van der Waals surface area contributed by atoms with Crippen molar-refractivity contribution in [2.75, 3.05) is 6.54 Å². The van der Waals surface area contributed by atoms with Gasteiger partial charge < -0.3 is 5.32 Å². The molecule has 1 aliphatic rings. The highest BCUT2D eigenvalue weighted by atomic mass is 16.1. The van der Waals surface area contributed by atoms with Crippen LogP contribution in [0.2, 0.25) is 0 Å². The standard InChI is InChI=1S/C15H29NO/c1-6-9-16-14(17)13-10-15(4,5)8-7-12(13)11(2)3/h11-13H,6-10H2,1-5H3,(H,16,17). The minimum atomic E-state index is 0.227. The third-order valence-electron chi connectivity index (χ3n) is 4.19. The molecule has 0 radical (unpaired) electrons. The molecule has 2 heteroatoms. The highest BCUT2D eigenvalue weighted by molar-refractivity contribution is 5.79. The third kappa shape index (κ3) is 4.01. The van der Waals surface area contributed by atoms with Crippen LogP contribution in [0.5, 0.6) is 0 Å². The van der Waals surface area contributed by atoms with Crippen molar-refractivity contribution in [3.05, 3.63) is 0 Å². The Kier molecular flexibility index (Phi) is 5.03. The average Bonchev–Trinajstić information content (AvgIpc) is 2.24. The van der Waals surface area contributed by atoms with Crippen LogP contribution < -0.4 is 5.32 Å². The lowest BCUT2D eigenvalue weighted by molar-refractivity contribution is -0.130. The number of rotatable bonds is 4. The van der Waals surface area contributed by atoms with Gasteiger partial charge in [0.1, 0.15) is 0 Å². The Morgan fingerprint density at radius 2 is 2.06 bits per heavy atom. The summed E-state index contributed by atoms with van der Waals surface area (Å²) in [6.07, 6.45) is 4.53.